The number of aliphatic hydroxyl groups excluding tert-OH is 1. The van der Waals surface area contributed by atoms with Crippen LogP contribution >= 0.6 is 0 Å². The molecule has 2 aliphatic rings. The standard InChI is InChI=1S/C39H46N6O6/c1-3-49-35(47)24-43-39(48)42-23-29-6-4-7-33(22-29)30-12-14-32(15-13-30)37-50-34(27(2)36(51-37)31-10-8-28(26-46)9-11-31)25-44-18-20-45(21-19-44)38-40-16-5-17-41-38/h4-17,22,27,34,36-37,46H,3,18-21,23-26H2,1-2H3,(H2,42,43,48)/t27-,34+,36+,37+/m1/s1. The minimum atomic E-state index is -0.564. The second kappa shape index (κ2) is 17.4. The lowest BCUT2D eigenvalue weighted by atomic mass is 9.89. The van der Waals surface area contributed by atoms with Crippen LogP contribution in [0.25, 0.3) is 11.1 Å². The van der Waals surface area contributed by atoms with E-state index in [2.05, 4.69) is 49.5 Å². The lowest BCUT2D eigenvalue weighted by Gasteiger charge is -2.44. The van der Waals surface area contributed by atoms with Crippen LogP contribution in [0.4, 0.5) is 10.7 Å². The number of ether oxygens (including phenoxy) is 3. The summed E-state index contributed by atoms with van der Waals surface area (Å²) >= 11 is 0. The molecule has 12 heteroatoms. The van der Waals surface area contributed by atoms with Crippen molar-refractivity contribution in [1.82, 2.24) is 25.5 Å². The summed E-state index contributed by atoms with van der Waals surface area (Å²) in [4.78, 5) is 37.2. The number of nitrogens with zero attached hydrogens (tertiary/aromatic N) is 4. The molecule has 0 saturated carbocycles. The Bertz CT molecular complexity index is 1720. The van der Waals surface area contributed by atoms with E-state index in [1.807, 2.05) is 66.7 Å². The van der Waals surface area contributed by atoms with Gasteiger partial charge in [0.05, 0.1) is 25.4 Å². The minimum Gasteiger partial charge on any atom is -0.465 e. The Labute approximate surface area is 298 Å². The van der Waals surface area contributed by atoms with Gasteiger partial charge < -0.3 is 34.9 Å². The molecule has 0 radical (unpaired) electrons. The first kappa shape index (κ1) is 35.9. The van der Waals surface area contributed by atoms with Crippen LogP contribution in [0.3, 0.4) is 0 Å². The van der Waals surface area contributed by atoms with Crippen LogP contribution < -0.4 is 15.5 Å². The van der Waals surface area contributed by atoms with Crippen LogP contribution in [-0.2, 0) is 32.2 Å². The molecule has 0 bridgehead atoms. The number of hydrogen-bond donors (Lipinski definition) is 3. The minimum absolute atomic E-state index is 0.00601. The Morgan fingerprint density at radius 3 is 2.29 bits per heavy atom. The molecule has 0 unspecified atom stereocenters. The van der Waals surface area contributed by atoms with Crippen molar-refractivity contribution in [2.24, 2.45) is 5.92 Å². The number of nitrogens with one attached hydrogen (secondary N) is 2. The first-order valence-corrected chi connectivity index (χ1v) is 17.5. The van der Waals surface area contributed by atoms with Crippen molar-refractivity contribution in [1.29, 1.82) is 0 Å². The monoisotopic (exact) mass is 694 g/mol. The predicted octanol–water partition coefficient (Wildman–Crippen LogP) is 4.61. The molecule has 3 aromatic carbocycles. The molecular weight excluding hydrogens is 648 g/mol. The van der Waals surface area contributed by atoms with Crippen molar-refractivity contribution in [3.05, 3.63) is 114 Å². The maximum atomic E-state index is 12.2. The van der Waals surface area contributed by atoms with E-state index in [9.17, 15) is 14.7 Å². The van der Waals surface area contributed by atoms with E-state index in [0.29, 0.717) is 6.54 Å². The van der Waals surface area contributed by atoms with E-state index in [1.54, 1.807) is 19.3 Å². The quantitative estimate of drug-likeness (QED) is 0.180. The van der Waals surface area contributed by atoms with Gasteiger partial charge in [-0.1, -0.05) is 73.7 Å². The number of esters is 1. The number of hydrogen-bond acceptors (Lipinski definition) is 10. The van der Waals surface area contributed by atoms with Gasteiger partial charge in [0.15, 0.2) is 6.29 Å². The zero-order chi connectivity index (χ0) is 35.6. The highest BCUT2D eigenvalue weighted by Crippen LogP contribution is 2.42. The summed E-state index contributed by atoms with van der Waals surface area (Å²) in [7, 11) is 0. The third-order valence-electron chi connectivity index (χ3n) is 9.36. The molecule has 3 N–H and O–H groups in total. The molecule has 2 amide bonds. The number of aliphatic hydroxyl groups is 1. The third kappa shape index (κ3) is 9.47. The molecule has 0 spiro atoms. The van der Waals surface area contributed by atoms with Crippen LogP contribution in [0, 0.1) is 5.92 Å². The van der Waals surface area contributed by atoms with Gasteiger partial charge in [0, 0.05) is 63.1 Å². The van der Waals surface area contributed by atoms with Crippen LogP contribution in [0.5, 0.6) is 0 Å². The van der Waals surface area contributed by atoms with Crippen molar-refractivity contribution < 1.29 is 28.9 Å². The first-order chi connectivity index (χ1) is 24.9. The van der Waals surface area contributed by atoms with Gasteiger partial charge >= 0.3 is 12.0 Å². The molecular formula is C39H46N6O6. The number of aromatic nitrogens is 2. The van der Waals surface area contributed by atoms with Gasteiger partial charge in [0.25, 0.3) is 0 Å². The normalized spacial score (nSPS) is 20.8. The second-order valence-electron chi connectivity index (χ2n) is 12.8. The number of amides is 2. The van der Waals surface area contributed by atoms with Gasteiger partial charge in [0.2, 0.25) is 5.95 Å². The van der Waals surface area contributed by atoms with Gasteiger partial charge in [-0.3, -0.25) is 9.69 Å². The number of anilines is 1. The number of piperazine rings is 1. The molecule has 4 atom stereocenters. The topological polar surface area (TPSA) is 138 Å². The summed E-state index contributed by atoms with van der Waals surface area (Å²) in [5, 5.41) is 14.9. The largest absolute Gasteiger partial charge is 0.465 e. The van der Waals surface area contributed by atoms with Gasteiger partial charge in [-0.15, -0.1) is 0 Å². The molecule has 51 heavy (non-hydrogen) atoms. The average molecular weight is 695 g/mol. The maximum absolute atomic E-state index is 12.2. The predicted molar refractivity (Wildman–Crippen MR) is 192 cm³/mol. The smallest absolute Gasteiger partial charge is 0.325 e. The number of urea groups is 1. The Hall–Kier alpha value is -4.88. The zero-order valence-electron chi connectivity index (χ0n) is 29.1. The highest BCUT2D eigenvalue weighted by atomic mass is 16.7. The number of carbonyl (C=O) groups excluding carboxylic acids is 2. The number of rotatable bonds is 12. The summed E-state index contributed by atoms with van der Waals surface area (Å²) in [6.45, 7) is 8.52. The van der Waals surface area contributed by atoms with Crippen LogP contribution in [-0.4, -0.2) is 84.0 Å². The first-order valence-electron chi connectivity index (χ1n) is 17.5. The molecule has 6 rings (SSSR count). The summed E-state index contributed by atoms with van der Waals surface area (Å²) in [5.41, 5.74) is 5.79. The Kier molecular flexibility index (Phi) is 12.2. The molecule has 2 aliphatic heterocycles. The third-order valence-corrected chi connectivity index (χ3v) is 9.36. The highest BCUT2D eigenvalue weighted by molar-refractivity contribution is 5.80. The Balaban J connectivity index is 1.12. The summed E-state index contributed by atoms with van der Waals surface area (Å²) < 4.78 is 18.3. The van der Waals surface area contributed by atoms with Gasteiger partial charge in [0.1, 0.15) is 6.54 Å². The van der Waals surface area contributed by atoms with Crippen molar-refractivity contribution in [3.63, 3.8) is 0 Å². The zero-order valence-corrected chi connectivity index (χ0v) is 29.1. The van der Waals surface area contributed by atoms with E-state index in [0.717, 1.165) is 72.1 Å². The number of benzene rings is 3. The van der Waals surface area contributed by atoms with Crippen molar-refractivity contribution in [2.75, 3.05) is 50.8 Å². The summed E-state index contributed by atoms with van der Waals surface area (Å²) in [6, 6.07) is 25.5. The van der Waals surface area contributed by atoms with E-state index >= 15 is 0 Å². The number of carbonyl (C=O) groups is 2. The van der Waals surface area contributed by atoms with E-state index < -0.39 is 18.3 Å². The van der Waals surface area contributed by atoms with E-state index in [4.69, 9.17) is 14.2 Å². The molecule has 4 aromatic rings. The van der Waals surface area contributed by atoms with Gasteiger partial charge in [-0.2, -0.15) is 0 Å². The lowest BCUT2D eigenvalue weighted by Crippen LogP contribution is -2.51. The fourth-order valence-electron chi connectivity index (χ4n) is 6.47. The molecule has 1 aromatic heterocycles. The lowest BCUT2D eigenvalue weighted by molar-refractivity contribution is -0.276. The van der Waals surface area contributed by atoms with Crippen molar-refractivity contribution in [3.8, 4) is 11.1 Å². The molecule has 2 saturated heterocycles. The van der Waals surface area contributed by atoms with Crippen LogP contribution in [0.15, 0.2) is 91.3 Å². The molecule has 2 fully saturated rings. The van der Waals surface area contributed by atoms with Crippen LogP contribution in [0.1, 0.15) is 48.5 Å². The average Bonchev–Trinajstić information content (AvgIpc) is 3.18. The Morgan fingerprint density at radius 2 is 1.59 bits per heavy atom. The molecule has 0 aliphatic carbocycles. The highest BCUT2D eigenvalue weighted by Gasteiger charge is 2.39. The maximum Gasteiger partial charge on any atom is 0.325 e. The van der Waals surface area contributed by atoms with E-state index in [1.165, 1.54) is 0 Å². The fourth-order valence-corrected chi connectivity index (χ4v) is 6.47. The summed E-state index contributed by atoms with van der Waals surface area (Å²) in [6.07, 6.45) is 2.72. The Morgan fingerprint density at radius 1 is 0.863 bits per heavy atom. The SMILES string of the molecule is CCOC(=O)CNC(=O)NCc1cccc(-c2ccc([C@H]3O[C@@H](CN4CCN(c5ncccn5)CC4)[C@@H](C)[C@@H](c4ccc(CO)cc4)O3)cc2)c1. The molecule has 12 nitrogen and oxygen atoms in total. The van der Waals surface area contributed by atoms with Gasteiger partial charge in [-0.05, 0) is 46.9 Å². The second-order valence-corrected chi connectivity index (χ2v) is 12.8. The fraction of sp³-hybridized carbons (Fsp3) is 0.385. The summed E-state index contributed by atoms with van der Waals surface area (Å²) in [5.74, 6) is 0.369. The van der Waals surface area contributed by atoms with Crippen molar-refractivity contribution >= 4 is 17.9 Å². The van der Waals surface area contributed by atoms with Crippen molar-refractivity contribution in [2.45, 2.75) is 45.5 Å². The molecule has 268 valence electrons. The van der Waals surface area contributed by atoms with E-state index in [-0.39, 0.29) is 37.9 Å². The molecule has 3 heterocycles. The van der Waals surface area contributed by atoms with Gasteiger partial charge in [-0.25, -0.2) is 14.8 Å². The van der Waals surface area contributed by atoms with Crippen LogP contribution in [0.2, 0.25) is 0 Å².